The van der Waals surface area contributed by atoms with Crippen LogP contribution in [0.5, 0.6) is 0 Å². The molecule has 0 spiro atoms. The van der Waals surface area contributed by atoms with E-state index in [2.05, 4.69) is 28.9 Å². The van der Waals surface area contributed by atoms with Gasteiger partial charge in [0, 0.05) is 38.9 Å². The van der Waals surface area contributed by atoms with E-state index in [1.165, 1.54) is 0 Å². The predicted octanol–water partition coefficient (Wildman–Crippen LogP) is 1.24. The molecule has 0 N–H and O–H groups in total. The first kappa shape index (κ1) is 20.1. The average molecular weight is 403 g/mol. The van der Waals surface area contributed by atoms with Gasteiger partial charge in [0.25, 0.3) is 0 Å². The van der Waals surface area contributed by atoms with Crippen LogP contribution in [0.25, 0.3) is 0 Å². The van der Waals surface area contributed by atoms with E-state index >= 15 is 0 Å². The molecule has 0 aliphatic carbocycles. The smallest absolute Gasteiger partial charge is 0.191 e. The molecule has 3 rings (SSSR count). The molecule has 0 bridgehead atoms. The van der Waals surface area contributed by atoms with Crippen LogP contribution in [0.15, 0.2) is 5.16 Å². The van der Waals surface area contributed by atoms with Gasteiger partial charge in [-0.2, -0.15) is 0 Å². The molecule has 2 fully saturated rings. The Morgan fingerprint density at radius 1 is 1.35 bits per heavy atom. The third kappa shape index (κ3) is 5.43. The summed E-state index contributed by atoms with van der Waals surface area (Å²) in [6.45, 7) is 8.38. The Morgan fingerprint density at radius 2 is 2.15 bits per heavy atom. The van der Waals surface area contributed by atoms with E-state index in [9.17, 15) is 8.42 Å². The van der Waals surface area contributed by atoms with Crippen molar-refractivity contribution >= 4 is 21.6 Å². The monoisotopic (exact) mass is 402 g/mol. The van der Waals surface area contributed by atoms with Gasteiger partial charge in [-0.15, -0.1) is 10.2 Å². The van der Waals surface area contributed by atoms with Crippen molar-refractivity contribution < 1.29 is 13.2 Å². The lowest BCUT2D eigenvalue weighted by atomic mass is 10.1. The highest BCUT2D eigenvalue weighted by atomic mass is 32.2. The Kier molecular flexibility index (Phi) is 6.63. The van der Waals surface area contributed by atoms with Crippen molar-refractivity contribution in [3.05, 3.63) is 5.82 Å². The van der Waals surface area contributed by atoms with Crippen LogP contribution in [-0.2, 0) is 28.0 Å². The van der Waals surface area contributed by atoms with Crippen molar-refractivity contribution in [1.82, 2.24) is 19.7 Å². The molecule has 26 heavy (non-hydrogen) atoms. The van der Waals surface area contributed by atoms with Crippen molar-refractivity contribution in [1.29, 1.82) is 0 Å². The van der Waals surface area contributed by atoms with Crippen LogP contribution < -0.4 is 0 Å². The molecule has 7 nitrogen and oxygen atoms in total. The van der Waals surface area contributed by atoms with E-state index in [1.54, 1.807) is 11.8 Å². The highest BCUT2D eigenvalue weighted by Gasteiger charge is 2.29. The third-order valence-electron chi connectivity index (χ3n) is 4.97. The third-order valence-corrected chi connectivity index (χ3v) is 7.96. The van der Waals surface area contributed by atoms with Crippen LogP contribution in [0.3, 0.4) is 0 Å². The molecular weight excluding hydrogens is 372 g/mol. The summed E-state index contributed by atoms with van der Waals surface area (Å²) in [6.07, 6.45) is 1.64. The summed E-state index contributed by atoms with van der Waals surface area (Å²) < 4.78 is 31.2. The minimum absolute atomic E-state index is 0.173. The van der Waals surface area contributed by atoms with Gasteiger partial charge in [0.2, 0.25) is 0 Å². The highest BCUT2D eigenvalue weighted by Crippen LogP contribution is 2.24. The Morgan fingerprint density at radius 3 is 2.85 bits per heavy atom. The summed E-state index contributed by atoms with van der Waals surface area (Å²) >= 11 is 1.67. The van der Waals surface area contributed by atoms with Gasteiger partial charge >= 0.3 is 0 Å². The largest absolute Gasteiger partial charge is 0.375 e. The zero-order valence-electron chi connectivity index (χ0n) is 15.9. The number of sulfone groups is 1. The Balaban J connectivity index is 1.50. The van der Waals surface area contributed by atoms with Gasteiger partial charge < -0.3 is 9.30 Å². The van der Waals surface area contributed by atoms with Crippen molar-refractivity contribution in [2.75, 3.05) is 43.5 Å². The normalized spacial score (nSPS) is 26.6. The van der Waals surface area contributed by atoms with Crippen LogP contribution in [0, 0.1) is 11.8 Å². The zero-order valence-corrected chi connectivity index (χ0v) is 17.6. The van der Waals surface area contributed by atoms with E-state index in [1.807, 2.05) is 11.6 Å². The molecule has 3 heterocycles. The second-order valence-corrected chi connectivity index (χ2v) is 11.1. The quantitative estimate of drug-likeness (QED) is 0.635. The molecule has 0 amide bonds. The predicted molar refractivity (Wildman–Crippen MR) is 103 cm³/mol. The van der Waals surface area contributed by atoms with Gasteiger partial charge in [0.1, 0.15) is 5.82 Å². The molecule has 1 aromatic rings. The van der Waals surface area contributed by atoms with Crippen molar-refractivity contribution in [2.45, 2.75) is 37.9 Å². The minimum atomic E-state index is -2.84. The molecule has 2 atom stereocenters. The van der Waals surface area contributed by atoms with E-state index in [0.717, 1.165) is 49.4 Å². The molecule has 9 heteroatoms. The summed E-state index contributed by atoms with van der Waals surface area (Å²) in [4.78, 5) is 2.47. The maximum absolute atomic E-state index is 11.6. The van der Waals surface area contributed by atoms with Gasteiger partial charge in [0.05, 0.1) is 24.2 Å². The van der Waals surface area contributed by atoms with Gasteiger partial charge in [-0.25, -0.2) is 8.42 Å². The molecule has 2 aliphatic rings. The fourth-order valence-electron chi connectivity index (χ4n) is 3.67. The second kappa shape index (κ2) is 8.58. The number of aromatic nitrogens is 3. The van der Waals surface area contributed by atoms with Crippen molar-refractivity contribution in [2.24, 2.45) is 18.9 Å². The Labute approximate surface area is 160 Å². The van der Waals surface area contributed by atoms with E-state index < -0.39 is 9.84 Å². The van der Waals surface area contributed by atoms with Gasteiger partial charge in [-0.05, 0) is 18.3 Å². The maximum atomic E-state index is 11.6. The molecule has 0 radical (unpaired) electrons. The molecule has 2 aliphatic heterocycles. The molecule has 0 aromatic carbocycles. The molecule has 0 saturated carbocycles. The fourth-order valence-corrected chi connectivity index (χ4v) is 6.47. The molecule has 148 valence electrons. The van der Waals surface area contributed by atoms with Crippen LogP contribution in [0.2, 0.25) is 0 Å². The summed E-state index contributed by atoms with van der Waals surface area (Å²) in [7, 11) is -0.878. The fraction of sp³-hybridized carbons (Fsp3) is 0.882. The van der Waals surface area contributed by atoms with Crippen LogP contribution in [0.4, 0.5) is 0 Å². The SMILES string of the molecule is CC(C)CN1CCO[C@@H](CSc2nnc(C[C@@H]3CCS(=O)(=O)C3)n2C)C1. The zero-order chi connectivity index (χ0) is 18.7. The molecule has 2 saturated heterocycles. The first-order chi connectivity index (χ1) is 12.3. The minimum Gasteiger partial charge on any atom is -0.375 e. The molecule has 1 aromatic heterocycles. The second-order valence-electron chi connectivity index (χ2n) is 7.89. The number of hydrogen-bond donors (Lipinski definition) is 0. The van der Waals surface area contributed by atoms with Gasteiger partial charge in [-0.1, -0.05) is 25.6 Å². The van der Waals surface area contributed by atoms with E-state index in [4.69, 9.17) is 4.74 Å². The molecular formula is C17H30N4O3S2. The summed E-state index contributed by atoms with van der Waals surface area (Å²) in [5, 5.41) is 9.47. The first-order valence-electron chi connectivity index (χ1n) is 9.38. The van der Waals surface area contributed by atoms with E-state index in [0.29, 0.717) is 18.1 Å². The summed E-state index contributed by atoms with van der Waals surface area (Å²) in [6, 6.07) is 0. The number of rotatable bonds is 7. The topological polar surface area (TPSA) is 77.3 Å². The first-order valence-corrected chi connectivity index (χ1v) is 12.2. The highest BCUT2D eigenvalue weighted by molar-refractivity contribution is 7.99. The number of thioether (sulfide) groups is 1. The number of nitrogens with zero attached hydrogens (tertiary/aromatic N) is 4. The average Bonchev–Trinajstić information content (AvgIpc) is 3.08. The van der Waals surface area contributed by atoms with E-state index in [-0.39, 0.29) is 17.8 Å². The lowest BCUT2D eigenvalue weighted by molar-refractivity contribution is -0.0191. The van der Waals surface area contributed by atoms with Crippen LogP contribution >= 0.6 is 11.8 Å². The summed E-state index contributed by atoms with van der Waals surface area (Å²) in [5.41, 5.74) is 0. The number of ether oxygens (including phenoxy) is 1. The number of hydrogen-bond acceptors (Lipinski definition) is 7. The van der Waals surface area contributed by atoms with Crippen LogP contribution in [0.1, 0.15) is 26.1 Å². The number of morpholine rings is 1. The van der Waals surface area contributed by atoms with Gasteiger partial charge in [-0.3, -0.25) is 4.90 Å². The lowest BCUT2D eigenvalue weighted by Crippen LogP contribution is -2.44. The summed E-state index contributed by atoms with van der Waals surface area (Å²) in [5.74, 6) is 3.17. The maximum Gasteiger partial charge on any atom is 0.191 e. The van der Waals surface area contributed by atoms with Gasteiger partial charge in [0.15, 0.2) is 15.0 Å². The Hall–Kier alpha value is -0.640. The van der Waals surface area contributed by atoms with Crippen molar-refractivity contribution in [3.8, 4) is 0 Å². The lowest BCUT2D eigenvalue weighted by Gasteiger charge is -2.33. The standard InChI is InChI=1S/C17H30N4O3S2/c1-13(2)9-21-5-6-24-15(10-21)11-25-17-19-18-16(20(17)3)8-14-4-7-26(22,23)12-14/h13-15H,4-12H2,1-3H3/t14-,15+/m0/s1. The molecule has 0 unspecified atom stereocenters. The van der Waals surface area contributed by atoms with Crippen LogP contribution in [-0.4, -0.2) is 77.7 Å². The Bertz CT molecular complexity index is 705. The van der Waals surface area contributed by atoms with Crippen molar-refractivity contribution in [3.63, 3.8) is 0 Å².